The van der Waals surface area contributed by atoms with Crippen molar-refractivity contribution in [1.29, 1.82) is 0 Å². The molecule has 2 unspecified atom stereocenters. The zero-order valence-electron chi connectivity index (χ0n) is 13.2. The third-order valence-corrected chi connectivity index (χ3v) is 4.94. The van der Waals surface area contributed by atoms with Gasteiger partial charge in [-0.15, -0.1) is 0 Å². The molecule has 0 N–H and O–H groups in total. The monoisotopic (exact) mass is 276 g/mol. The predicted molar refractivity (Wildman–Crippen MR) is 80.9 cm³/mol. The van der Waals surface area contributed by atoms with E-state index in [1.165, 1.54) is 44.5 Å². The summed E-state index contributed by atoms with van der Waals surface area (Å²) in [4.78, 5) is 7.46. The molecule has 1 aromatic rings. The number of rotatable bonds is 3. The minimum absolute atomic E-state index is 0.535. The van der Waals surface area contributed by atoms with Crippen molar-refractivity contribution in [2.75, 3.05) is 6.54 Å². The van der Waals surface area contributed by atoms with Crippen molar-refractivity contribution < 1.29 is 0 Å². The lowest BCUT2D eigenvalue weighted by atomic mass is 9.97. The van der Waals surface area contributed by atoms with Crippen LogP contribution in [-0.2, 0) is 12.8 Å². The van der Waals surface area contributed by atoms with Crippen molar-refractivity contribution in [3.8, 4) is 0 Å². The molecule has 1 aromatic heterocycles. The molecule has 0 bridgehead atoms. The summed E-state index contributed by atoms with van der Waals surface area (Å²) in [6.07, 6.45) is 8.66. The van der Waals surface area contributed by atoms with Gasteiger partial charge in [-0.25, -0.2) is 9.67 Å². The third-order valence-electron chi connectivity index (χ3n) is 4.94. The van der Waals surface area contributed by atoms with Crippen LogP contribution in [0.25, 0.3) is 0 Å². The van der Waals surface area contributed by atoms with Crippen molar-refractivity contribution in [2.45, 2.75) is 83.8 Å². The summed E-state index contributed by atoms with van der Waals surface area (Å²) in [5, 5.41) is 4.80. The Morgan fingerprint density at radius 3 is 2.80 bits per heavy atom. The maximum Gasteiger partial charge on any atom is 0.152 e. The second-order valence-corrected chi connectivity index (χ2v) is 6.82. The van der Waals surface area contributed by atoms with Gasteiger partial charge in [0.1, 0.15) is 5.82 Å². The van der Waals surface area contributed by atoms with E-state index >= 15 is 0 Å². The van der Waals surface area contributed by atoms with Crippen molar-refractivity contribution in [3.63, 3.8) is 0 Å². The number of nitrogens with zero attached hydrogens (tertiary/aromatic N) is 4. The lowest BCUT2D eigenvalue weighted by Crippen LogP contribution is -2.45. The van der Waals surface area contributed by atoms with Crippen LogP contribution in [0.4, 0.5) is 0 Å². The van der Waals surface area contributed by atoms with E-state index in [-0.39, 0.29) is 0 Å². The van der Waals surface area contributed by atoms with Gasteiger partial charge in [-0.3, -0.25) is 4.90 Å². The van der Waals surface area contributed by atoms with Crippen LogP contribution in [0, 0.1) is 0 Å². The molecule has 2 aliphatic heterocycles. The van der Waals surface area contributed by atoms with E-state index in [2.05, 4.69) is 30.4 Å². The number of aromatic nitrogens is 3. The molecular weight excluding hydrogens is 248 g/mol. The van der Waals surface area contributed by atoms with Gasteiger partial charge in [0.2, 0.25) is 0 Å². The van der Waals surface area contributed by atoms with Crippen LogP contribution in [0.3, 0.4) is 0 Å². The molecule has 1 saturated heterocycles. The normalized spacial score (nSPS) is 27.8. The van der Waals surface area contributed by atoms with Gasteiger partial charge in [0.15, 0.2) is 5.82 Å². The van der Waals surface area contributed by atoms with Crippen molar-refractivity contribution in [1.82, 2.24) is 19.7 Å². The number of aryl methyl sites for hydroxylation is 1. The van der Waals surface area contributed by atoms with Crippen LogP contribution >= 0.6 is 0 Å². The summed E-state index contributed by atoms with van der Waals surface area (Å²) in [5.74, 6) is 2.29. The zero-order valence-corrected chi connectivity index (χ0v) is 13.2. The molecule has 2 aliphatic rings. The van der Waals surface area contributed by atoms with Gasteiger partial charge < -0.3 is 0 Å². The van der Waals surface area contributed by atoms with E-state index in [1.54, 1.807) is 0 Å². The van der Waals surface area contributed by atoms with Gasteiger partial charge in [-0.1, -0.05) is 6.42 Å². The maximum absolute atomic E-state index is 4.81. The smallest absolute Gasteiger partial charge is 0.152 e. The van der Waals surface area contributed by atoms with E-state index in [0.717, 1.165) is 18.7 Å². The van der Waals surface area contributed by atoms with E-state index in [9.17, 15) is 0 Å². The van der Waals surface area contributed by atoms with Crippen LogP contribution in [0.5, 0.6) is 0 Å². The molecule has 2 atom stereocenters. The zero-order chi connectivity index (χ0) is 14.1. The highest BCUT2D eigenvalue weighted by Gasteiger charge is 2.27. The van der Waals surface area contributed by atoms with E-state index in [0.29, 0.717) is 18.1 Å². The third kappa shape index (κ3) is 2.76. The molecule has 112 valence electrons. The van der Waals surface area contributed by atoms with Crippen LogP contribution in [0.2, 0.25) is 0 Å². The fraction of sp³-hybridized carbons (Fsp3) is 0.875. The molecule has 0 amide bonds. The van der Waals surface area contributed by atoms with Crippen molar-refractivity contribution in [2.24, 2.45) is 0 Å². The molecule has 0 aromatic carbocycles. The highest BCUT2D eigenvalue weighted by Crippen LogP contribution is 2.25. The fourth-order valence-corrected chi connectivity index (χ4v) is 3.83. The lowest BCUT2D eigenvalue weighted by molar-refractivity contribution is 0.110. The molecule has 4 heteroatoms. The van der Waals surface area contributed by atoms with Gasteiger partial charge in [0.05, 0.1) is 6.04 Å². The second-order valence-electron chi connectivity index (χ2n) is 6.82. The molecule has 20 heavy (non-hydrogen) atoms. The summed E-state index contributed by atoms with van der Waals surface area (Å²) < 4.78 is 2.18. The molecule has 4 nitrogen and oxygen atoms in total. The van der Waals surface area contributed by atoms with Crippen LogP contribution in [0.1, 0.15) is 70.6 Å². The van der Waals surface area contributed by atoms with Gasteiger partial charge in [0, 0.05) is 24.9 Å². The fourth-order valence-electron chi connectivity index (χ4n) is 3.83. The lowest BCUT2D eigenvalue weighted by Gasteiger charge is -2.38. The molecule has 0 radical (unpaired) electrons. The average Bonchev–Trinajstić information content (AvgIpc) is 2.83. The Morgan fingerprint density at radius 2 is 2.05 bits per heavy atom. The first-order valence-corrected chi connectivity index (χ1v) is 8.35. The number of fused-ring (bicyclic) bond motifs is 1. The Morgan fingerprint density at radius 1 is 1.20 bits per heavy atom. The van der Waals surface area contributed by atoms with Crippen LogP contribution in [0.15, 0.2) is 0 Å². The number of piperidine rings is 1. The Hall–Kier alpha value is -0.900. The molecule has 0 spiro atoms. The number of hydrogen-bond donors (Lipinski definition) is 0. The van der Waals surface area contributed by atoms with Gasteiger partial charge >= 0.3 is 0 Å². The van der Waals surface area contributed by atoms with E-state index in [1.807, 2.05) is 0 Å². The molecule has 0 aliphatic carbocycles. The largest absolute Gasteiger partial charge is 0.298 e. The molecule has 3 rings (SSSR count). The number of likely N-dealkylation sites (tertiary alicyclic amines) is 1. The molecular formula is C16H28N4. The summed E-state index contributed by atoms with van der Waals surface area (Å²) in [7, 11) is 0. The quantitative estimate of drug-likeness (QED) is 0.851. The SMILES string of the molecule is CC(C)N1CCCCC1Cc1nc2n(n1)C(C)CCC2. The summed E-state index contributed by atoms with van der Waals surface area (Å²) >= 11 is 0. The van der Waals surface area contributed by atoms with Crippen molar-refractivity contribution >= 4 is 0 Å². The summed E-state index contributed by atoms with van der Waals surface area (Å²) in [6, 6.07) is 1.81. The standard InChI is InChI=1S/C16H28N4/c1-12(2)19-10-5-4-8-14(19)11-15-17-16-9-6-7-13(3)20(16)18-15/h12-14H,4-11H2,1-3H3. The predicted octanol–water partition coefficient (Wildman–Crippen LogP) is 2.98. The molecule has 3 heterocycles. The van der Waals surface area contributed by atoms with Crippen LogP contribution in [-0.4, -0.2) is 38.3 Å². The first kappa shape index (κ1) is 14.1. The Labute approximate surface area is 122 Å². The van der Waals surface area contributed by atoms with E-state index < -0.39 is 0 Å². The van der Waals surface area contributed by atoms with E-state index in [4.69, 9.17) is 10.1 Å². The van der Waals surface area contributed by atoms with Gasteiger partial charge in [0.25, 0.3) is 0 Å². The summed E-state index contributed by atoms with van der Waals surface area (Å²) in [6.45, 7) is 8.13. The van der Waals surface area contributed by atoms with Gasteiger partial charge in [-0.05, 0) is 53.0 Å². The average molecular weight is 276 g/mol. The maximum atomic E-state index is 4.81. The number of hydrogen-bond acceptors (Lipinski definition) is 3. The second kappa shape index (κ2) is 5.84. The Bertz CT molecular complexity index is 451. The first-order chi connectivity index (χ1) is 9.65. The van der Waals surface area contributed by atoms with Gasteiger partial charge in [-0.2, -0.15) is 5.10 Å². The Kier molecular flexibility index (Phi) is 4.11. The highest BCUT2D eigenvalue weighted by molar-refractivity contribution is 5.00. The van der Waals surface area contributed by atoms with Crippen LogP contribution < -0.4 is 0 Å². The minimum atomic E-state index is 0.535. The molecule has 0 saturated carbocycles. The first-order valence-electron chi connectivity index (χ1n) is 8.35. The topological polar surface area (TPSA) is 34.0 Å². The van der Waals surface area contributed by atoms with Crippen molar-refractivity contribution in [3.05, 3.63) is 11.6 Å². The summed E-state index contributed by atoms with van der Waals surface area (Å²) in [5.41, 5.74) is 0. The Balaban J connectivity index is 1.73. The highest BCUT2D eigenvalue weighted by atomic mass is 15.4. The minimum Gasteiger partial charge on any atom is -0.298 e. The molecule has 1 fully saturated rings.